The molecular formula is C18H16F6N4O3S. The minimum absolute atomic E-state index is 0.160. The van der Waals surface area contributed by atoms with E-state index < -0.39 is 27.3 Å². The first-order chi connectivity index (χ1) is 14.9. The maximum Gasteiger partial charge on any atom is 0.511 e. The van der Waals surface area contributed by atoms with E-state index in [1.54, 1.807) is 0 Å². The molecule has 0 amide bonds. The van der Waals surface area contributed by atoms with Gasteiger partial charge >= 0.3 is 21.7 Å². The van der Waals surface area contributed by atoms with Gasteiger partial charge in [-0.25, -0.2) is 18.4 Å². The lowest BCUT2D eigenvalue weighted by molar-refractivity contribution is -0.137. The molecule has 2 aromatic rings. The molecule has 0 spiro atoms. The van der Waals surface area contributed by atoms with E-state index in [-0.39, 0.29) is 37.3 Å². The number of rotatable bonds is 4. The van der Waals surface area contributed by atoms with E-state index in [9.17, 15) is 34.8 Å². The summed E-state index contributed by atoms with van der Waals surface area (Å²) in [6.45, 7) is 0.133. The summed E-state index contributed by atoms with van der Waals surface area (Å²) in [6.07, 6.45) is -2.86. The summed E-state index contributed by atoms with van der Waals surface area (Å²) in [5.74, 6) is 0.345. The third kappa shape index (κ3) is 4.26. The molecule has 0 N–H and O–H groups in total. The fourth-order valence-electron chi connectivity index (χ4n) is 3.56. The number of hydrogen-bond donors (Lipinski definition) is 0. The Morgan fingerprint density at radius 2 is 1.66 bits per heavy atom. The molecule has 0 atom stereocenters. The Balaban J connectivity index is 1.42. The smallest absolute Gasteiger partial charge is 0.439 e. The van der Waals surface area contributed by atoms with Crippen molar-refractivity contribution in [1.82, 2.24) is 19.2 Å². The normalized spacial score (nSPS) is 18.8. The van der Waals surface area contributed by atoms with Gasteiger partial charge in [0.1, 0.15) is 12.1 Å². The molecule has 174 valence electrons. The molecule has 1 aromatic carbocycles. The summed E-state index contributed by atoms with van der Waals surface area (Å²) in [6, 6.07) is 3.76. The van der Waals surface area contributed by atoms with E-state index in [0.717, 1.165) is 12.1 Å². The third-order valence-corrected chi connectivity index (χ3v) is 6.93. The third-order valence-electron chi connectivity index (χ3n) is 5.37. The van der Waals surface area contributed by atoms with Crippen LogP contribution < -0.4 is 4.74 Å². The van der Waals surface area contributed by atoms with Gasteiger partial charge in [0, 0.05) is 37.8 Å². The Labute approximate surface area is 178 Å². The van der Waals surface area contributed by atoms with E-state index in [2.05, 4.69) is 9.97 Å². The average Bonchev–Trinajstić information content (AvgIpc) is 2.65. The van der Waals surface area contributed by atoms with Crippen LogP contribution in [0.15, 0.2) is 30.6 Å². The van der Waals surface area contributed by atoms with Crippen LogP contribution in [0.2, 0.25) is 0 Å². The van der Waals surface area contributed by atoms with E-state index in [0.29, 0.717) is 28.5 Å². The van der Waals surface area contributed by atoms with Crippen molar-refractivity contribution in [2.45, 2.75) is 30.7 Å². The van der Waals surface area contributed by atoms with E-state index in [4.69, 9.17) is 4.74 Å². The Morgan fingerprint density at radius 3 is 2.25 bits per heavy atom. The van der Waals surface area contributed by atoms with E-state index >= 15 is 0 Å². The number of hydrogen-bond acceptors (Lipinski definition) is 6. The van der Waals surface area contributed by atoms with Crippen LogP contribution in [-0.4, -0.2) is 58.8 Å². The zero-order chi connectivity index (χ0) is 23.3. The molecule has 2 aliphatic rings. The second-order valence-corrected chi connectivity index (χ2v) is 9.30. The zero-order valence-electron chi connectivity index (χ0n) is 16.2. The Morgan fingerprint density at radius 1 is 1.00 bits per heavy atom. The fourth-order valence-corrected chi connectivity index (χ4v) is 4.59. The van der Waals surface area contributed by atoms with Gasteiger partial charge < -0.3 is 4.74 Å². The van der Waals surface area contributed by atoms with Gasteiger partial charge in [-0.2, -0.15) is 30.6 Å². The van der Waals surface area contributed by atoms with Crippen molar-refractivity contribution in [3.8, 4) is 11.6 Å². The van der Waals surface area contributed by atoms with Crippen LogP contribution in [-0.2, 0) is 29.2 Å². The highest BCUT2D eigenvalue weighted by molar-refractivity contribution is 7.90. The molecule has 7 nitrogen and oxygen atoms in total. The molecule has 0 saturated carbocycles. The van der Waals surface area contributed by atoms with Gasteiger partial charge in [-0.15, -0.1) is 0 Å². The van der Waals surface area contributed by atoms with Crippen LogP contribution in [0.25, 0.3) is 0 Å². The highest BCUT2D eigenvalue weighted by atomic mass is 32.2. The first-order valence-electron chi connectivity index (χ1n) is 9.34. The van der Waals surface area contributed by atoms with Gasteiger partial charge in [0.05, 0.1) is 11.3 Å². The predicted molar refractivity (Wildman–Crippen MR) is 98.0 cm³/mol. The lowest BCUT2D eigenvalue weighted by Crippen LogP contribution is -2.63. The lowest BCUT2D eigenvalue weighted by Gasteiger charge is -2.45. The predicted octanol–water partition coefficient (Wildman–Crippen LogP) is 3.18. The highest BCUT2D eigenvalue weighted by Gasteiger charge is 2.54. The minimum Gasteiger partial charge on any atom is -0.439 e. The second kappa shape index (κ2) is 7.85. The van der Waals surface area contributed by atoms with Crippen LogP contribution >= 0.6 is 0 Å². The first-order valence-corrected chi connectivity index (χ1v) is 10.8. The van der Waals surface area contributed by atoms with Crippen molar-refractivity contribution in [2.75, 3.05) is 19.6 Å². The van der Waals surface area contributed by atoms with Crippen LogP contribution in [0.5, 0.6) is 11.6 Å². The molecule has 0 aliphatic carbocycles. The molecule has 0 radical (unpaired) electrons. The number of fused-ring (bicyclic) bond motifs is 1. The summed E-state index contributed by atoms with van der Waals surface area (Å²) in [5, 5.41) is 0. The summed E-state index contributed by atoms with van der Waals surface area (Å²) >= 11 is 0. The van der Waals surface area contributed by atoms with Crippen LogP contribution in [0.3, 0.4) is 0 Å². The quantitative estimate of drug-likeness (QED) is 0.624. The molecule has 14 heteroatoms. The monoisotopic (exact) mass is 482 g/mol. The summed E-state index contributed by atoms with van der Waals surface area (Å²) < 4.78 is 105. The van der Waals surface area contributed by atoms with Crippen molar-refractivity contribution in [3.63, 3.8) is 0 Å². The molecule has 1 saturated heterocycles. The van der Waals surface area contributed by atoms with Crippen molar-refractivity contribution < 1.29 is 39.5 Å². The van der Waals surface area contributed by atoms with Gasteiger partial charge in [0.2, 0.25) is 5.88 Å². The molecule has 2 aliphatic heterocycles. The number of alkyl halides is 6. The molecule has 0 bridgehead atoms. The van der Waals surface area contributed by atoms with Crippen LogP contribution in [0, 0.1) is 0 Å². The number of sulfonamides is 1. The molecule has 32 heavy (non-hydrogen) atoms. The van der Waals surface area contributed by atoms with Crippen molar-refractivity contribution in [2.24, 2.45) is 0 Å². The minimum atomic E-state index is -5.33. The van der Waals surface area contributed by atoms with Crippen molar-refractivity contribution in [3.05, 3.63) is 47.4 Å². The van der Waals surface area contributed by atoms with Crippen molar-refractivity contribution in [1.29, 1.82) is 0 Å². The van der Waals surface area contributed by atoms with Gasteiger partial charge in [-0.1, -0.05) is 0 Å². The first kappa shape index (κ1) is 22.7. The second-order valence-electron chi connectivity index (χ2n) is 7.37. The molecular weight excluding hydrogens is 466 g/mol. The van der Waals surface area contributed by atoms with Gasteiger partial charge in [0.25, 0.3) is 0 Å². The molecule has 1 fully saturated rings. The van der Waals surface area contributed by atoms with E-state index in [1.807, 2.05) is 4.90 Å². The van der Waals surface area contributed by atoms with Gasteiger partial charge in [-0.05, 0) is 30.7 Å². The number of halogens is 6. The summed E-state index contributed by atoms with van der Waals surface area (Å²) in [5.41, 5.74) is -4.94. The van der Waals surface area contributed by atoms with Gasteiger partial charge in [-0.3, -0.25) is 4.90 Å². The number of ether oxygens (including phenoxy) is 1. The average molecular weight is 482 g/mol. The lowest BCUT2D eigenvalue weighted by atomic mass is 10.0. The van der Waals surface area contributed by atoms with E-state index in [1.165, 1.54) is 18.5 Å². The number of nitrogens with zero attached hydrogens (tertiary/aromatic N) is 4. The Kier molecular flexibility index (Phi) is 5.57. The Bertz CT molecular complexity index is 1100. The zero-order valence-corrected chi connectivity index (χ0v) is 17.0. The molecule has 1 aromatic heterocycles. The highest BCUT2D eigenvalue weighted by Crippen LogP contribution is 2.35. The Hall–Kier alpha value is -2.45. The number of benzene rings is 1. The topological polar surface area (TPSA) is 75.6 Å². The molecule has 0 unspecified atom stereocenters. The van der Waals surface area contributed by atoms with Crippen LogP contribution in [0.1, 0.15) is 16.8 Å². The summed E-state index contributed by atoms with van der Waals surface area (Å²) in [4.78, 5) is 10.1. The maximum atomic E-state index is 12.7. The largest absolute Gasteiger partial charge is 0.511 e. The molecule has 4 rings (SSSR count). The van der Waals surface area contributed by atoms with Crippen molar-refractivity contribution >= 4 is 10.0 Å². The summed E-state index contributed by atoms with van der Waals surface area (Å²) in [7, 11) is -5.33. The van der Waals surface area contributed by atoms with Crippen LogP contribution in [0.4, 0.5) is 26.3 Å². The maximum absolute atomic E-state index is 12.7. The SMILES string of the molecule is O=S(=O)(N1CC(N2CCc3c(ncnc3Oc3ccc(C(F)(F)F)cc3)C2)C1)C(F)(F)F. The standard InChI is InChI=1S/C18H16F6N4O3S/c19-17(20,21)11-1-3-13(4-2-11)31-16-14-5-6-27(9-15(14)25-10-26-16)12-7-28(8-12)32(29,30)18(22,23)24/h1-4,10,12H,5-9H2. The molecule has 3 heterocycles. The fraction of sp³-hybridized carbons (Fsp3) is 0.444. The number of aromatic nitrogens is 2. The van der Waals surface area contributed by atoms with Gasteiger partial charge in [0.15, 0.2) is 0 Å².